The van der Waals surface area contributed by atoms with E-state index in [9.17, 15) is 9.59 Å². The number of imidazole rings is 1. The van der Waals surface area contributed by atoms with Gasteiger partial charge in [0, 0.05) is 29.6 Å². The number of fused-ring (bicyclic) bond motifs is 2. The van der Waals surface area contributed by atoms with E-state index in [1.807, 2.05) is 4.57 Å². The van der Waals surface area contributed by atoms with Crippen LogP contribution in [0.2, 0.25) is 0 Å². The molecule has 2 aromatic heterocycles. The fraction of sp³-hybridized carbons (Fsp3) is 0.278. The lowest BCUT2D eigenvalue weighted by atomic mass is 10.0. The second kappa shape index (κ2) is 5.77. The Morgan fingerprint density at radius 2 is 2.20 bits per heavy atom. The van der Waals surface area contributed by atoms with Gasteiger partial charge in [-0.15, -0.1) is 0 Å². The lowest BCUT2D eigenvalue weighted by Gasteiger charge is -2.21. The molecule has 128 valence electrons. The smallest absolute Gasteiger partial charge is 0.352 e. The van der Waals surface area contributed by atoms with Gasteiger partial charge in [-0.2, -0.15) is 0 Å². The van der Waals surface area contributed by atoms with E-state index in [2.05, 4.69) is 22.2 Å². The van der Waals surface area contributed by atoms with Gasteiger partial charge >= 0.3 is 5.97 Å². The average Bonchev–Trinajstić information content (AvgIpc) is 3.17. The zero-order chi connectivity index (χ0) is 17.6. The van der Waals surface area contributed by atoms with Crippen LogP contribution in [-0.4, -0.2) is 31.5 Å². The molecule has 25 heavy (non-hydrogen) atoms. The molecule has 0 bridgehead atoms. The quantitative estimate of drug-likeness (QED) is 0.683. The number of hydrogen-bond acceptors (Lipinski definition) is 3. The minimum Gasteiger partial charge on any atom is -0.477 e. The van der Waals surface area contributed by atoms with E-state index >= 15 is 0 Å². The second-order valence-corrected chi connectivity index (χ2v) is 6.56. The Balaban J connectivity index is 1.60. The van der Waals surface area contributed by atoms with Gasteiger partial charge in [-0.25, -0.2) is 9.78 Å². The van der Waals surface area contributed by atoms with Crippen LogP contribution in [-0.2, 0) is 13.0 Å². The number of carboxylic acids is 1. The monoisotopic (exact) mass is 338 g/mol. The number of aromatic nitrogens is 3. The molecular formula is C18H18N4O3. The molecule has 0 saturated heterocycles. The summed E-state index contributed by atoms with van der Waals surface area (Å²) in [4.78, 5) is 30.9. The minimum absolute atomic E-state index is 0.123. The maximum absolute atomic E-state index is 12.6. The Kier molecular flexibility index (Phi) is 3.56. The van der Waals surface area contributed by atoms with Crippen LogP contribution < -0.4 is 5.32 Å². The maximum Gasteiger partial charge on any atom is 0.352 e. The molecule has 3 aromatic rings. The van der Waals surface area contributed by atoms with Crippen molar-refractivity contribution in [1.29, 1.82) is 0 Å². The molecule has 0 spiro atoms. The van der Waals surface area contributed by atoms with E-state index in [-0.39, 0.29) is 11.6 Å². The van der Waals surface area contributed by atoms with E-state index in [1.54, 1.807) is 30.5 Å². The molecule has 3 N–H and O–H groups in total. The molecule has 1 aromatic carbocycles. The highest BCUT2D eigenvalue weighted by atomic mass is 16.4. The van der Waals surface area contributed by atoms with Crippen LogP contribution in [0, 0.1) is 5.92 Å². The molecule has 0 aliphatic carbocycles. The van der Waals surface area contributed by atoms with E-state index in [0.717, 1.165) is 30.6 Å². The molecule has 7 heteroatoms. The lowest BCUT2D eigenvalue weighted by Crippen LogP contribution is -2.24. The summed E-state index contributed by atoms with van der Waals surface area (Å²) in [5, 5.41) is 12.7. The van der Waals surface area contributed by atoms with Gasteiger partial charge in [0.1, 0.15) is 17.2 Å². The van der Waals surface area contributed by atoms with Crippen LogP contribution in [0.1, 0.15) is 40.1 Å². The molecule has 0 fully saturated rings. The molecule has 4 rings (SSSR count). The van der Waals surface area contributed by atoms with Crippen LogP contribution in [0.4, 0.5) is 5.69 Å². The van der Waals surface area contributed by atoms with E-state index in [1.165, 1.54) is 0 Å². The SMILES string of the molecule is CC1CCc2ncc(C(=O)Nc3ccc4[nH]c(C(=O)O)cc4c3)n2C1. The number of hydrogen-bond donors (Lipinski definition) is 3. The Morgan fingerprint density at radius 3 is 3.00 bits per heavy atom. The summed E-state index contributed by atoms with van der Waals surface area (Å²) in [6, 6.07) is 6.81. The normalized spacial score (nSPS) is 16.6. The van der Waals surface area contributed by atoms with Crippen molar-refractivity contribution in [2.24, 2.45) is 5.92 Å². The molecular weight excluding hydrogens is 320 g/mol. The van der Waals surface area contributed by atoms with Crippen LogP contribution in [0.5, 0.6) is 0 Å². The topological polar surface area (TPSA) is 100 Å². The fourth-order valence-electron chi connectivity index (χ4n) is 3.30. The van der Waals surface area contributed by atoms with Gasteiger partial charge in [0.2, 0.25) is 0 Å². The number of nitrogens with zero attached hydrogens (tertiary/aromatic N) is 2. The fourth-order valence-corrected chi connectivity index (χ4v) is 3.30. The predicted octanol–water partition coefficient (Wildman–Crippen LogP) is 2.90. The number of carbonyl (C=O) groups excluding carboxylic acids is 1. The number of H-pyrrole nitrogens is 1. The molecule has 1 aliphatic heterocycles. The third-order valence-corrected chi connectivity index (χ3v) is 4.63. The first-order chi connectivity index (χ1) is 12.0. The number of amides is 1. The first-order valence-electron chi connectivity index (χ1n) is 8.23. The number of anilines is 1. The minimum atomic E-state index is -1.01. The third-order valence-electron chi connectivity index (χ3n) is 4.63. The summed E-state index contributed by atoms with van der Waals surface area (Å²) in [6.07, 6.45) is 3.61. The van der Waals surface area contributed by atoms with Crippen molar-refractivity contribution in [3.05, 3.63) is 47.7 Å². The summed E-state index contributed by atoms with van der Waals surface area (Å²) < 4.78 is 1.99. The van der Waals surface area contributed by atoms with Crippen LogP contribution in [0.3, 0.4) is 0 Å². The summed E-state index contributed by atoms with van der Waals surface area (Å²) in [7, 11) is 0. The van der Waals surface area contributed by atoms with Gasteiger partial charge in [0.05, 0.1) is 6.20 Å². The molecule has 0 radical (unpaired) electrons. The van der Waals surface area contributed by atoms with Gasteiger partial charge < -0.3 is 20.0 Å². The van der Waals surface area contributed by atoms with E-state index in [0.29, 0.717) is 22.8 Å². The van der Waals surface area contributed by atoms with Crippen molar-refractivity contribution < 1.29 is 14.7 Å². The number of carbonyl (C=O) groups is 2. The van der Waals surface area contributed by atoms with Crippen molar-refractivity contribution in [3.8, 4) is 0 Å². The number of rotatable bonds is 3. The summed E-state index contributed by atoms with van der Waals surface area (Å²) >= 11 is 0. The van der Waals surface area contributed by atoms with Crippen molar-refractivity contribution in [2.45, 2.75) is 26.3 Å². The standard InChI is InChI=1S/C18H18N4O3/c1-10-2-5-16-19-8-15(22(16)9-10)17(23)20-12-3-4-13-11(6-12)7-14(21-13)18(24)25/h3-4,6-8,10,21H,2,5,9H2,1H3,(H,20,23)(H,24,25). The Bertz CT molecular complexity index is 986. The molecule has 1 aliphatic rings. The summed E-state index contributed by atoms with van der Waals surface area (Å²) in [6.45, 7) is 2.97. The molecule has 0 saturated carbocycles. The van der Waals surface area contributed by atoms with Gasteiger partial charge in [0.25, 0.3) is 5.91 Å². The van der Waals surface area contributed by atoms with Crippen molar-refractivity contribution >= 4 is 28.5 Å². The lowest BCUT2D eigenvalue weighted by molar-refractivity contribution is 0.0691. The molecule has 1 unspecified atom stereocenters. The highest BCUT2D eigenvalue weighted by molar-refractivity contribution is 6.04. The number of benzene rings is 1. The number of nitrogens with one attached hydrogen (secondary N) is 2. The van der Waals surface area contributed by atoms with Crippen molar-refractivity contribution in [1.82, 2.24) is 14.5 Å². The van der Waals surface area contributed by atoms with Gasteiger partial charge in [-0.3, -0.25) is 4.79 Å². The third kappa shape index (κ3) is 2.77. The Labute approximate surface area is 143 Å². The zero-order valence-corrected chi connectivity index (χ0v) is 13.7. The van der Waals surface area contributed by atoms with Gasteiger partial charge in [-0.1, -0.05) is 6.92 Å². The van der Waals surface area contributed by atoms with Crippen LogP contribution >= 0.6 is 0 Å². The van der Waals surface area contributed by atoms with Gasteiger partial charge in [0.15, 0.2) is 0 Å². The summed E-state index contributed by atoms with van der Waals surface area (Å²) in [5.74, 6) is 0.261. The highest BCUT2D eigenvalue weighted by Crippen LogP contribution is 2.23. The Morgan fingerprint density at radius 1 is 1.36 bits per heavy atom. The molecule has 7 nitrogen and oxygen atoms in total. The average molecular weight is 338 g/mol. The Hall–Kier alpha value is -3.09. The van der Waals surface area contributed by atoms with Crippen LogP contribution in [0.15, 0.2) is 30.5 Å². The van der Waals surface area contributed by atoms with Crippen LogP contribution in [0.25, 0.3) is 10.9 Å². The largest absolute Gasteiger partial charge is 0.477 e. The number of carboxylic acid groups (broad SMARTS) is 1. The molecule has 1 atom stereocenters. The zero-order valence-electron chi connectivity index (χ0n) is 13.7. The van der Waals surface area contributed by atoms with E-state index in [4.69, 9.17) is 5.11 Å². The number of aromatic amines is 1. The van der Waals surface area contributed by atoms with E-state index < -0.39 is 5.97 Å². The highest BCUT2D eigenvalue weighted by Gasteiger charge is 2.22. The first-order valence-corrected chi connectivity index (χ1v) is 8.23. The van der Waals surface area contributed by atoms with Crippen molar-refractivity contribution in [3.63, 3.8) is 0 Å². The molecule has 3 heterocycles. The van der Waals surface area contributed by atoms with Crippen molar-refractivity contribution in [2.75, 3.05) is 5.32 Å². The number of aryl methyl sites for hydroxylation is 1. The summed E-state index contributed by atoms with van der Waals surface area (Å²) in [5.41, 5.74) is 2.01. The predicted molar refractivity (Wildman–Crippen MR) is 92.9 cm³/mol. The van der Waals surface area contributed by atoms with Gasteiger partial charge in [-0.05, 0) is 36.6 Å². The molecule has 1 amide bonds. The maximum atomic E-state index is 12.6. The number of aromatic carboxylic acids is 1. The second-order valence-electron chi connectivity index (χ2n) is 6.56. The first kappa shape index (κ1) is 15.4.